The van der Waals surface area contributed by atoms with Gasteiger partial charge >= 0.3 is 0 Å². The van der Waals surface area contributed by atoms with Gasteiger partial charge in [-0.15, -0.1) is 0 Å². The second-order valence-electron chi connectivity index (χ2n) is 8.52. The van der Waals surface area contributed by atoms with Crippen LogP contribution in [0.2, 0.25) is 0 Å². The zero-order valence-corrected chi connectivity index (χ0v) is 16.2. The molecular weight excluding hydrogens is 332 g/mol. The first kappa shape index (κ1) is 18.4. The van der Waals surface area contributed by atoms with E-state index in [1.165, 1.54) is 18.4 Å². The SMILES string of the molecule is O=C1/C(=C/c2ccccc2)CC[C@@H]1C[C@@H]1CCC[C@@H](C2=CCCCC2)C1=O. The number of allylic oxidation sites excluding steroid dienone is 3. The molecule has 0 radical (unpaired) electrons. The molecule has 2 heteroatoms. The Kier molecular flexibility index (Phi) is 5.71. The molecule has 3 aliphatic rings. The quantitative estimate of drug-likeness (QED) is 0.492. The lowest BCUT2D eigenvalue weighted by molar-refractivity contribution is -0.129. The van der Waals surface area contributed by atoms with Gasteiger partial charge in [-0.05, 0) is 75.0 Å². The summed E-state index contributed by atoms with van der Waals surface area (Å²) >= 11 is 0. The van der Waals surface area contributed by atoms with Crippen LogP contribution in [0.3, 0.4) is 0 Å². The van der Waals surface area contributed by atoms with Gasteiger partial charge in [-0.25, -0.2) is 0 Å². The Balaban J connectivity index is 1.41. The summed E-state index contributed by atoms with van der Waals surface area (Å²) in [5.41, 5.74) is 3.44. The van der Waals surface area contributed by atoms with Gasteiger partial charge in [0.25, 0.3) is 0 Å². The predicted molar refractivity (Wildman–Crippen MR) is 109 cm³/mol. The molecule has 1 aromatic carbocycles. The van der Waals surface area contributed by atoms with Crippen molar-refractivity contribution in [1.82, 2.24) is 0 Å². The van der Waals surface area contributed by atoms with Crippen LogP contribution in [-0.4, -0.2) is 11.6 Å². The summed E-state index contributed by atoms with van der Waals surface area (Å²) in [5.74, 6) is 1.01. The fourth-order valence-electron chi connectivity index (χ4n) is 5.23. The van der Waals surface area contributed by atoms with Crippen molar-refractivity contribution in [1.29, 1.82) is 0 Å². The van der Waals surface area contributed by atoms with Gasteiger partial charge in [0.15, 0.2) is 5.78 Å². The van der Waals surface area contributed by atoms with Crippen LogP contribution < -0.4 is 0 Å². The number of benzene rings is 1. The second kappa shape index (κ2) is 8.37. The van der Waals surface area contributed by atoms with E-state index < -0.39 is 0 Å². The smallest absolute Gasteiger partial charge is 0.161 e. The molecule has 2 fully saturated rings. The van der Waals surface area contributed by atoms with Crippen LogP contribution in [0.4, 0.5) is 0 Å². The fourth-order valence-corrected chi connectivity index (χ4v) is 5.23. The summed E-state index contributed by atoms with van der Waals surface area (Å²) in [6.45, 7) is 0. The first-order valence-corrected chi connectivity index (χ1v) is 10.7. The van der Waals surface area contributed by atoms with Crippen LogP contribution in [0.5, 0.6) is 0 Å². The molecule has 3 atom stereocenters. The highest BCUT2D eigenvalue weighted by Crippen LogP contribution is 2.40. The number of ketones is 2. The molecule has 0 aromatic heterocycles. The zero-order chi connectivity index (χ0) is 18.6. The lowest BCUT2D eigenvalue weighted by Gasteiger charge is -2.31. The Morgan fingerprint density at radius 2 is 1.74 bits per heavy atom. The van der Waals surface area contributed by atoms with Crippen LogP contribution >= 0.6 is 0 Å². The largest absolute Gasteiger partial charge is 0.299 e. The summed E-state index contributed by atoms with van der Waals surface area (Å²) in [6.07, 6.45) is 14.8. The van der Waals surface area contributed by atoms with Crippen molar-refractivity contribution in [2.45, 2.75) is 64.2 Å². The number of hydrogen-bond acceptors (Lipinski definition) is 2. The number of carbonyl (C=O) groups is 2. The molecule has 1 aromatic rings. The second-order valence-corrected chi connectivity index (χ2v) is 8.52. The summed E-state index contributed by atoms with van der Waals surface area (Å²) in [7, 11) is 0. The fraction of sp³-hybridized carbons (Fsp3) is 0.520. The number of rotatable bonds is 4. The van der Waals surface area contributed by atoms with E-state index in [0.717, 1.165) is 62.5 Å². The zero-order valence-electron chi connectivity index (χ0n) is 16.2. The molecular formula is C25H30O2. The van der Waals surface area contributed by atoms with Gasteiger partial charge in [-0.1, -0.05) is 48.4 Å². The van der Waals surface area contributed by atoms with E-state index in [0.29, 0.717) is 5.78 Å². The molecule has 142 valence electrons. The van der Waals surface area contributed by atoms with E-state index in [2.05, 4.69) is 6.08 Å². The molecule has 0 N–H and O–H groups in total. The van der Waals surface area contributed by atoms with Crippen molar-refractivity contribution in [3.05, 3.63) is 53.1 Å². The number of hydrogen-bond donors (Lipinski definition) is 0. The minimum Gasteiger partial charge on any atom is -0.299 e. The highest BCUT2D eigenvalue weighted by molar-refractivity contribution is 6.03. The molecule has 0 unspecified atom stereocenters. The maximum absolute atomic E-state index is 13.1. The predicted octanol–water partition coefficient (Wildman–Crippen LogP) is 5.93. The molecule has 0 bridgehead atoms. The van der Waals surface area contributed by atoms with E-state index in [4.69, 9.17) is 0 Å². The van der Waals surface area contributed by atoms with E-state index in [-0.39, 0.29) is 23.5 Å². The Bertz CT molecular complexity index is 756. The van der Waals surface area contributed by atoms with Gasteiger partial charge in [0, 0.05) is 17.8 Å². The Hall–Kier alpha value is -1.96. The molecule has 0 spiro atoms. The maximum atomic E-state index is 13.1. The molecule has 0 saturated heterocycles. The Labute approximate surface area is 162 Å². The Morgan fingerprint density at radius 3 is 2.52 bits per heavy atom. The molecule has 2 nitrogen and oxygen atoms in total. The third-order valence-electron chi connectivity index (χ3n) is 6.72. The topological polar surface area (TPSA) is 34.1 Å². The summed E-state index contributed by atoms with van der Waals surface area (Å²) in [6, 6.07) is 10.1. The highest BCUT2D eigenvalue weighted by Gasteiger charge is 2.38. The molecule has 0 heterocycles. The Morgan fingerprint density at radius 1 is 0.889 bits per heavy atom. The monoisotopic (exact) mass is 362 g/mol. The molecule has 3 aliphatic carbocycles. The highest BCUT2D eigenvalue weighted by atomic mass is 16.1. The van der Waals surface area contributed by atoms with Crippen molar-refractivity contribution in [3.63, 3.8) is 0 Å². The van der Waals surface area contributed by atoms with E-state index >= 15 is 0 Å². The molecule has 2 saturated carbocycles. The van der Waals surface area contributed by atoms with Gasteiger partial charge in [-0.3, -0.25) is 9.59 Å². The average molecular weight is 363 g/mol. The summed E-state index contributed by atoms with van der Waals surface area (Å²) < 4.78 is 0. The normalized spacial score (nSPS) is 30.6. The summed E-state index contributed by atoms with van der Waals surface area (Å²) in [4.78, 5) is 26.0. The van der Waals surface area contributed by atoms with Crippen molar-refractivity contribution >= 4 is 17.6 Å². The first-order chi connectivity index (χ1) is 13.2. The minimum absolute atomic E-state index is 0.0491. The average Bonchev–Trinajstić information content (AvgIpc) is 3.04. The van der Waals surface area contributed by atoms with Gasteiger partial charge < -0.3 is 0 Å². The van der Waals surface area contributed by atoms with Crippen molar-refractivity contribution < 1.29 is 9.59 Å². The maximum Gasteiger partial charge on any atom is 0.161 e. The standard InChI is InChI=1S/C25H30O2/c26-24-21(16-18-8-3-1-4-9-18)14-15-22(24)17-20-12-7-13-23(25(20)27)19-10-5-2-6-11-19/h1,3-4,8-10,16,20,22-23H,2,5-7,11-15,17H2/b21-16+/t20-,22+,23-/m0/s1. The molecule has 0 aliphatic heterocycles. The van der Waals surface area contributed by atoms with Gasteiger partial charge in [0.2, 0.25) is 0 Å². The van der Waals surface area contributed by atoms with E-state index in [1.807, 2.05) is 36.4 Å². The van der Waals surface area contributed by atoms with Gasteiger partial charge in [0.1, 0.15) is 5.78 Å². The van der Waals surface area contributed by atoms with Crippen molar-refractivity contribution in [3.8, 4) is 0 Å². The number of carbonyl (C=O) groups excluding carboxylic acids is 2. The van der Waals surface area contributed by atoms with Crippen LogP contribution in [0.25, 0.3) is 6.08 Å². The lowest BCUT2D eigenvalue weighted by atomic mass is 9.71. The first-order valence-electron chi connectivity index (χ1n) is 10.7. The lowest BCUT2D eigenvalue weighted by Crippen LogP contribution is -2.32. The van der Waals surface area contributed by atoms with Crippen LogP contribution in [0, 0.1) is 17.8 Å². The number of Topliss-reactive ketones (excluding diaryl/α,β-unsaturated/α-hetero) is 2. The third-order valence-corrected chi connectivity index (χ3v) is 6.72. The van der Waals surface area contributed by atoms with E-state index in [9.17, 15) is 9.59 Å². The summed E-state index contributed by atoms with van der Waals surface area (Å²) in [5, 5.41) is 0. The van der Waals surface area contributed by atoms with E-state index in [1.54, 1.807) is 0 Å². The molecule has 27 heavy (non-hydrogen) atoms. The van der Waals surface area contributed by atoms with Crippen LogP contribution in [0.15, 0.2) is 47.6 Å². The minimum atomic E-state index is 0.0491. The van der Waals surface area contributed by atoms with Crippen molar-refractivity contribution in [2.24, 2.45) is 17.8 Å². The van der Waals surface area contributed by atoms with Crippen LogP contribution in [-0.2, 0) is 9.59 Å². The van der Waals surface area contributed by atoms with Gasteiger partial charge in [0.05, 0.1) is 0 Å². The molecule has 4 rings (SSSR count). The van der Waals surface area contributed by atoms with Crippen molar-refractivity contribution in [2.75, 3.05) is 0 Å². The molecule has 0 amide bonds. The van der Waals surface area contributed by atoms with Crippen LogP contribution in [0.1, 0.15) is 69.8 Å². The van der Waals surface area contributed by atoms with Gasteiger partial charge in [-0.2, -0.15) is 0 Å². The third kappa shape index (κ3) is 4.15.